The van der Waals surface area contributed by atoms with Gasteiger partial charge in [0.2, 0.25) is 0 Å². The highest BCUT2D eigenvalue weighted by atomic mass is 35.5. The van der Waals surface area contributed by atoms with Gasteiger partial charge in [0.15, 0.2) is 16.7 Å². The van der Waals surface area contributed by atoms with Crippen LogP contribution in [0.25, 0.3) is 0 Å². The van der Waals surface area contributed by atoms with Crippen LogP contribution in [0.4, 0.5) is 0 Å². The van der Waals surface area contributed by atoms with E-state index in [1.807, 2.05) is 62.1 Å². The topological polar surface area (TPSA) is 47.0 Å². The molecule has 0 spiro atoms. The summed E-state index contributed by atoms with van der Waals surface area (Å²) in [4.78, 5) is 12.0. The third kappa shape index (κ3) is 3.55. The molecule has 2 aromatic rings. The first-order valence-corrected chi connectivity index (χ1v) is 10.9. The van der Waals surface area contributed by atoms with Crippen LogP contribution in [-0.4, -0.2) is 40.1 Å². The van der Waals surface area contributed by atoms with Crippen molar-refractivity contribution in [3.05, 3.63) is 52.8 Å². The lowest BCUT2D eigenvalue weighted by Crippen LogP contribution is -2.28. The molecular weight excluding hydrogens is 394 g/mol. The molecule has 2 aliphatic rings. The third-order valence-corrected chi connectivity index (χ3v) is 6.23. The summed E-state index contributed by atoms with van der Waals surface area (Å²) in [7, 11) is 0. The van der Waals surface area contributed by atoms with Gasteiger partial charge < -0.3 is 14.4 Å². The maximum Gasteiger partial charge on any atom is 0.179 e. The quantitative estimate of drug-likeness (QED) is 0.652. The van der Waals surface area contributed by atoms with Gasteiger partial charge in [0.05, 0.1) is 30.0 Å². The summed E-state index contributed by atoms with van der Waals surface area (Å²) in [5.74, 6) is 1.28. The van der Waals surface area contributed by atoms with Crippen molar-refractivity contribution in [1.29, 1.82) is 0 Å². The third-order valence-electron chi connectivity index (χ3n) is 4.84. The zero-order valence-corrected chi connectivity index (χ0v) is 17.8. The van der Waals surface area contributed by atoms with Crippen molar-refractivity contribution in [3.8, 4) is 11.5 Å². The molecule has 0 unspecified atom stereocenters. The Labute approximate surface area is 175 Å². The standard InChI is InChI=1S/C21H24ClN3O2S/c1-4-26-17-11-14(10-15(22)20(17)27-5-2)19-18(16-8-6-7-9-23-16)24-21-25(19)12-13(3)28-21/h6-11,13,18-19H,4-5,12H2,1-3H3/t13-,18-,19+/m0/s1. The largest absolute Gasteiger partial charge is 0.490 e. The molecule has 5 nitrogen and oxygen atoms in total. The Balaban J connectivity index is 1.79. The molecule has 0 N–H and O–H groups in total. The normalized spacial score (nSPS) is 23.5. The first-order valence-electron chi connectivity index (χ1n) is 9.63. The van der Waals surface area contributed by atoms with E-state index in [9.17, 15) is 0 Å². The molecule has 1 aromatic heterocycles. The number of thioether (sulfide) groups is 1. The molecule has 0 amide bonds. The highest BCUT2D eigenvalue weighted by Gasteiger charge is 2.44. The number of rotatable bonds is 6. The molecule has 3 heterocycles. The summed E-state index contributed by atoms with van der Waals surface area (Å²) in [5.41, 5.74) is 2.03. The number of pyridine rings is 1. The fraction of sp³-hybridized carbons (Fsp3) is 0.429. The minimum Gasteiger partial charge on any atom is -0.490 e. The van der Waals surface area contributed by atoms with Crippen molar-refractivity contribution < 1.29 is 9.47 Å². The van der Waals surface area contributed by atoms with Crippen LogP contribution in [-0.2, 0) is 0 Å². The van der Waals surface area contributed by atoms with Crippen LogP contribution in [0.15, 0.2) is 41.5 Å². The van der Waals surface area contributed by atoms with Crippen LogP contribution in [0.2, 0.25) is 5.02 Å². The van der Waals surface area contributed by atoms with Crippen LogP contribution in [0.1, 0.15) is 44.1 Å². The second-order valence-electron chi connectivity index (χ2n) is 6.83. The van der Waals surface area contributed by atoms with Crippen LogP contribution < -0.4 is 9.47 Å². The molecule has 3 atom stereocenters. The van der Waals surface area contributed by atoms with E-state index in [1.165, 1.54) is 0 Å². The highest BCUT2D eigenvalue weighted by molar-refractivity contribution is 8.14. The van der Waals surface area contributed by atoms with Gasteiger partial charge in [-0.1, -0.05) is 36.4 Å². The summed E-state index contributed by atoms with van der Waals surface area (Å²) in [6, 6.07) is 9.98. The zero-order valence-electron chi connectivity index (χ0n) is 16.3. The van der Waals surface area contributed by atoms with E-state index in [2.05, 4.69) is 16.8 Å². The maximum atomic E-state index is 6.61. The van der Waals surface area contributed by atoms with Gasteiger partial charge in [0.1, 0.15) is 6.04 Å². The van der Waals surface area contributed by atoms with Crippen molar-refractivity contribution >= 4 is 28.5 Å². The summed E-state index contributed by atoms with van der Waals surface area (Å²) < 4.78 is 11.6. The van der Waals surface area contributed by atoms with Gasteiger partial charge in [0.25, 0.3) is 0 Å². The average molecular weight is 418 g/mol. The number of halogens is 1. The van der Waals surface area contributed by atoms with E-state index >= 15 is 0 Å². The molecule has 1 fully saturated rings. The van der Waals surface area contributed by atoms with Crippen LogP contribution in [0.5, 0.6) is 11.5 Å². The molecule has 1 aromatic carbocycles. The van der Waals surface area contributed by atoms with E-state index < -0.39 is 0 Å². The summed E-state index contributed by atoms with van der Waals surface area (Å²) in [6.45, 7) is 8.17. The highest BCUT2D eigenvalue weighted by Crippen LogP contribution is 2.49. The number of aliphatic imine (C=N–C) groups is 1. The Kier molecular flexibility index (Phi) is 5.69. The van der Waals surface area contributed by atoms with Gasteiger partial charge in [-0.25, -0.2) is 0 Å². The second kappa shape index (κ2) is 8.21. The Bertz CT molecular complexity index is 877. The van der Waals surface area contributed by atoms with Gasteiger partial charge in [-0.2, -0.15) is 0 Å². The fourth-order valence-electron chi connectivity index (χ4n) is 3.78. The van der Waals surface area contributed by atoms with Gasteiger partial charge in [0, 0.05) is 18.0 Å². The molecule has 7 heteroatoms. The maximum absolute atomic E-state index is 6.61. The number of amidine groups is 1. The predicted molar refractivity (Wildman–Crippen MR) is 115 cm³/mol. The lowest BCUT2D eigenvalue weighted by atomic mass is 9.96. The van der Waals surface area contributed by atoms with Gasteiger partial charge in [-0.3, -0.25) is 9.98 Å². The van der Waals surface area contributed by atoms with Gasteiger partial charge in [-0.05, 0) is 43.7 Å². The second-order valence-corrected chi connectivity index (χ2v) is 8.65. The van der Waals surface area contributed by atoms with E-state index in [4.69, 9.17) is 26.1 Å². The van der Waals surface area contributed by atoms with Crippen molar-refractivity contribution in [1.82, 2.24) is 9.88 Å². The van der Waals surface area contributed by atoms with Crippen molar-refractivity contribution in [2.45, 2.75) is 38.1 Å². The van der Waals surface area contributed by atoms with E-state index in [0.29, 0.717) is 35.0 Å². The molecule has 0 bridgehead atoms. The van der Waals surface area contributed by atoms with Crippen LogP contribution in [0, 0.1) is 0 Å². The molecule has 2 aliphatic heterocycles. The van der Waals surface area contributed by atoms with Gasteiger partial charge >= 0.3 is 0 Å². The molecule has 0 aliphatic carbocycles. The number of hydrogen-bond donors (Lipinski definition) is 0. The Morgan fingerprint density at radius 3 is 2.75 bits per heavy atom. The SMILES string of the molecule is CCOc1cc([C@@H]2[C@H](c3ccccn3)N=C3S[C@@H](C)CN32)cc(Cl)c1OCC. The van der Waals surface area contributed by atoms with E-state index in [-0.39, 0.29) is 12.1 Å². The zero-order chi connectivity index (χ0) is 19.7. The Morgan fingerprint density at radius 2 is 2.04 bits per heavy atom. The first kappa shape index (κ1) is 19.4. The molecule has 0 saturated carbocycles. The predicted octanol–water partition coefficient (Wildman–Crippen LogP) is 5.12. The number of benzene rings is 1. The van der Waals surface area contributed by atoms with Crippen molar-refractivity contribution in [3.63, 3.8) is 0 Å². The molecule has 148 valence electrons. The monoisotopic (exact) mass is 417 g/mol. The van der Waals surface area contributed by atoms with E-state index in [0.717, 1.165) is 23.0 Å². The Hall–Kier alpha value is -1.92. The number of ether oxygens (including phenoxy) is 2. The summed E-state index contributed by atoms with van der Waals surface area (Å²) in [5, 5.41) is 2.16. The molecular formula is C21H24ClN3O2S. The molecule has 28 heavy (non-hydrogen) atoms. The molecule has 1 saturated heterocycles. The first-order chi connectivity index (χ1) is 13.6. The minimum atomic E-state index is -0.0697. The smallest absolute Gasteiger partial charge is 0.179 e. The van der Waals surface area contributed by atoms with Gasteiger partial charge in [-0.15, -0.1) is 0 Å². The molecule has 4 rings (SSSR count). The fourth-order valence-corrected chi connectivity index (χ4v) is 5.15. The summed E-state index contributed by atoms with van der Waals surface area (Å²) >= 11 is 8.43. The van der Waals surface area contributed by atoms with Crippen LogP contribution >= 0.6 is 23.4 Å². The molecule has 0 radical (unpaired) electrons. The number of aromatic nitrogens is 1. The lowest BCUT2D eigenvalue weighted by Gasteiger charge is -2.28. The van der Waals surface area contributed by atoms with E-state index in [1.54, 1.807) is 0 Å². The Morgan fingerprint density at radius 1 is 1.21 bits per heavy atom. The summed E-state index contributed by atoms with van der Waals surface area (Å²) in [6.07, 6.45) is 1.82. The number of hydrogen-bond acceptors (Lipinski definition) is 6. The number of nitrogens with zero attached hydrogens (tertiary/aromatic N) is 3. The average Bonchev–Trinajstić information content (AvgIpc) is 3.21. The van der Waals surface area contributed by atoms with Crippen LogP contribution in [0.3, 0.4) is 0 Å². The lowest BCUT2D eigenvalue weighted by molar-refractivity contribution is 0.284. The number of fused-ring (bicyclic) bond motifs is 1. The van der Waals surface area contributed by atoms with Crippen molar-refractivity contribution in [2.24, 2.45) is 4.99 Å². The van der Waals surface area contributed by atoms with Crippen molar-refractivity contribution in [2.75, 3.05) is 19.8 Å². The minimum absolute atomic E-state index is 0.0368.